The molecule has 6 nitrogen and oxygen atoms in total. The van der Waals surface area contributed by atoms with Gasteiger partial charge in [0, 0.05) is 30.3 Å². The molecule has 2 saturated heterocycles. The van der Waals surface area contributed by atoms with Gasteiger partial charge in [0.1, 0.15) is 6.10 Å². The number of rotatable bonds is 3. The number of fused-ring (bicyclic) bond motifs is 1. The molecule has 0 unspecified atom stereocenters. The van der Waals surface area contributed by atoms with Crippen molar-refractivity contribution in [1.29, 1.82) is 0 Å². The molecular weight excluding hydrogens is 344 g/mol. The summed E-state index contributed by atoms with van der Waals surface area (Å²) < 4.78 is 5.42. The standard InChI is InChI=1S/C21H24N2O4/c24-19(17-13-10-15-16(11-13)27-21(26)18(15)17)22-14-6-4-5-12(9-14)20(25)23-7-2-1-3-8-23/h4-6,9,13,15-18H,1-3,7-8,10-11H2,(H,22,24)/t13-,15+,16-,17-,18+/m1/s1. The van der Waals surface area contributed by atoms with E-state index in [4.69, 9.17) is 4.74 Å². The summed E-state index contributed by atoms with van der Waals surface area (Å²) in [6.07, 6.45) is 5.01. The number of benzene rings is 1. The number of anilines is 1. The van der Waals surface area contributed by atoms with Crippen molar-refractivity contribution in [3.05, 3.63) is 29.8 Å². The van der Waals surface area contributed by atoms with Crippen LogP contribution in [0, 0.1) is 23.7 Å². The van der Waals surface area contributed by atoms with Crippen LogP contribution in [0.5, 0.6) is 0 Å². The monoisotopic (exact) mass is 368 g/mol. The molecule has 142 valence electrons. The first-order valence-electron chi connectivity index (χ1n) is 10.0. The van der Waals surface area contributed by atoms with E-state index in [0.29, 0.717) is 11.3 Å². The number of nitrogens with zero attached hydrogens (tertiary/aromatic N) is 1. The van der Waals surface area contributed by atoms with Crippen molar-refractivity contribution in [2.45, 2.75) is 38.2 Å². The fourth-order valence-electron chi connectivity index (χ4n) is 5.60. The maximum Gasteiger partial charge on any atom is 0.310 e. The molecule has 5 atom stereocenters. The summed E-state index contributed by atoms with van der Waals surface area (Å²) in [5, 5.41) is 2.95. The Morgan fingerprint density at radius 2 is 1.93 bits per heavy atom. The summed E-state index contributed by atoms with van der Waals surface area (Å²) >= 11 is 0. The van der Waals surface area contributed by atoms with Crippen molar-refractivity contribution in [2.75, 3.05) is 18.4 Å². The maximum absolute atomic E-state index is 12.9. The van der Waals surface area contributed by atoms with Gasteiger partial charge in [0.25, 0.3) is 5.91 Å². The van der Waals surface area contributed by atoms with Crippen LogP contribution in [0.4, 0.5) is 5.69 Å². The normalized spacial score (nSPS) is 33.9. The van der Waals surface area contributed by atoms with E-state index in [9.17, 15) is 14.4 Å². The quantitative estimate of drug-likeness (QED) is 0.832. The predicted molar refractivity (Wildman–Crippen MR) is 97.9 cm³/mol. The third-order valence-electron chi connectivity index (χ3n) is 6.81. The molecule has 6 heteroatoms. The van der Waals surface area contributed by atoms with Gasteiger partial charge in [-0.15, -0.1) is 0 Å². The number of amides is 2. The van der Waals surface area contributed by atoms with E-state index in [-0.39, 0.29) is 47.6 Å². The highest BCUT2D eigenvalue weighted by Crippen LogP contribution is 2.57. The van der Waals surface area contributed by atoms with Gasteiger partial charge in [0.05, 0.1) is 11.8 Å². The lowest BCUT2D eigenvalue weighted by Crippen LogP contribution is -2.36. The zero-order chi connectivity index (χ0) is 18.5. The Morgan fingerprint density at radius 3 is 2.74 bits per heavy atom. The van der Waals surface area contributed by atoms with Crippen LogP contribution in [0.15, 0.2) is 24.3 Å². The molecule has 2 heterocycles. The molecule has 2 bridgehead atoms. The molecule has 1 aromatic rings. The van der Waals surface area contributed by atoms with Crippen molar-refractivity contribution >= 4 is 23.5 Å². The van der Waals surface area contributed by atoms with Gasteiger partial charge in [-0.25, -0.2) is 0 Å². The molecule has 1 aromatic carbocycles. The first kappa shape index (κ1) is 16.8. The highest BCUT2D eigenvalue weighted by molar-refractivity contribution is 5.99. The number of ether oxygens (including phenoxy) is 1. The number of hydrogen-bond acceptors (Lipinski definition) is 4. The molecule has 1 N–H and O–H groups in total. The van der Waals surface area contributed by atoms with Gasteiger partial charge < -0.3 is 15.0 Å². The molecule has 0 aromatic heterocycles. The summed E-state index contributed by atoms with van der Waals surface area (Å²) in [5.74, 6) is -0.450. The van der Waals surface area contributed by atoms with E-state index in [1.807, 2.05) is 4.90 Å². The van der Waals surface area contributed by atoms with Gasteiger partial charge in [-0.3, -0.25) is 14.4 Å². The van der Waals surface area contributed by atoms with Gasteiger partial charge in [-0.05, 0) is 56.2 Å². The highest BCUT2D eigenvalue weighted by Gasteiger charge is 2.63. The second-order valence-electron chi connectivity index (χ2n) is 8.35. The van der Waals surface area contributed by atoms with Crippen LogP contribution in [0.2, 0.25) is 0 Å². The molecule has 27 heavy (non-hydrogen) atoms. The number of carbonyl (C=O) groups is 3. The van der Waals surface area contributed by atoms with Crippen LogP contribution in [0.3, 0.4) is 0 Å². The summed E-state index contributed by atoms with van der Waals surface area (Å²) in [7, 11) is 0. The summed E-state index contributed by atoms with van der Waals surface area (Å²) in [5.41, 5.74) is 1.22. The predicted octanol–water partition coefficient (Wildman–Crippen LogP) is 2.45. The Labute approximate surface area is 158 Å². The minimum Gasteiger partial charge on any atom is -0.462 e. The molecular formula is C21H24N2O4. The van der Waals surface area contributed by atoms with Crippen LogP contribution in [-0.4, -0.2) is 41.9 Å². The third kappa shape index (κ3) is 2.73. The molecule has 4 aliphatic rings. The summed E-state index contributed by atoms with van der Waals surface area (Å²) in [6.45, 7) is 1.59. The second-order valence-corrected chi connectivity index (χ2v) is 8.35. The molecule has 2 aliphatic carbocycles. The van der Waals surface area contributed by atoms with Crippen LogP contribution in [0.1, 0.15) is 42.5 Å². The summed E-state index contributed by atoms with van der Waals surface area (Å²) in [4.78, 5) is 39.6. The van der Waals surface area contributed by atoms with Crippen molar-refractivity contribution in [3.63, 3.8) is 0 Å². The number of esters is 1. The fourth-order valence-corrected chi connectivity index (χ4v) is 5.60. The van der Waals surface area contributed by atoms with Gasteiger partial charge >= 0.3 is 5.97 Å². The lowest BCUT2D eigenvalue weighted by Gasteiger charge is -2.27. The van der Waals surface area contributed by atoms with Crippen molar-refractivity contribution in [2.24, 2.45) is 23.7 Å². The Bertz CT molecular complexity index is 799. The van der Waals surface area contributed by atoms with Crippen LogP contribution in [0.25, 0.3) is 0 Å². The average Bonchev–Trinajstić information content (AvgIpc) is 3.31. The SMILES string of the molecule is O=C(Nc1cccc(C(=O)N2CCCCC2)c1)[C@@H]1[C@@H]2C[C@@H]3[C@@H]1C(=O)O[C@@H]3C2. The number of hydrogen-bond donors (Lipinski definition) is 1. The number of nitrogens with one attached hydrogen (secondary N) is 1. The van der Waals surface area contributed by atoms with Crippen molar-refractivity contribution in [3.8, 4) is 0 Å². The summed E-state index contributed by atoms with van der Waals surface area (Å²) in [6, 6.07) is 7.14. The van der Waals surface area contributed by atoms with E-state index < -0.39 is 0 Å². The highest BCUT2D eigenvalue weighted by atomic mass is 16.6. The minimum atomic E-state index is -0.303. The largest absolute Gasteiger partial charge is 0.462 e. The van der Waals surface area contributed by atoms with Crippen molar-refractivity contribution < 1.29 is 19.1 Å². The Hall–Kier alpha value is -2.37. The first-order valence-corrected chi connectivity index (χ1v) is 10.0. The van der Waals surface area contributed by atoms with Gasteiger partial charge in [-0.1, -0.05) is 6.07 Å². The topological polar surface area (TPSA) is 75.7 Å². The van der Waals surface area contributed by atoms with E-state index in [0.717, 1.165) is 38.8 Å². The second kappa shape index (κ2) is 6.36. The molecule has 5 rings (SSSR count). The molecule has 0 spiro atoms. The van der Waals surface area contributed by atoms with E-state index in [1.165, 1.54) is 6.42 Å². The molecule has 0 radical (unpaired) electrons. The van der Waals surface area contributed by atoms with Crippen LogP contribution >= 0.6 is 0 Å². The molecule has 2 aliphatic heterocycles. The molecule has 2 saturated carbocycles. The van der Waals surface area contributed by atoms with E-state index in [2.05, 4.69) is 5.32 Å². The Balaban J connectivity index is 1.30. The lowest BCUT2D eigenvalue weighted by atomic mass is 9.79. The maximum atomic E-state index is 12.9. The van der Waals surface area contributed by atoms with Crippen LogP contribution in [-0.2, 0) is 14.3 Å². The Morgan fingerprint density at radius 1 is 1.11 bits per heavy atom. The van der Waals surface area contributed by atoms with Gasteiger partial charge in [0.2, 0.25) is 5.91 Å². The molecule has 4 fully saturated rings. The molecule has 2 amide bonds. The number of likely N-dealkylation sites (tertiary alicyclic amines) is 1. The van der Waals surface area contributed by atoms with E-state index >= 15 is 0 Å². The van der Waals surface area contributed by atoms with Crippen molar-refractivity contribution in [1.82, 2.24) is 4.90 Å². The van der Waals surface area contributed by atoms with Crippen LogP contribution < -0.4 is 5.32 Å². The fraction of sp³-hybridized carbons (Fsp3) is 0.571. The lowest BCUT2D eigenvalue weighted by molar-refractivity contribution is -0.145. The third-order valence-corrected chi connectivity index (χ3v) is 6.81. The average molecular weight is 368 g/mol. The Kier molecular flexibility index (Phi) is 3.95. The smallest absolute Gasteiger partial charge is 0.310 e. The van der Waals surface area contributed by atoms with E-state index in [1.54, 1.807) is 24.3 Å². The zero-order valence-electron chi connectivity index (χ0n) is 15.2. The number of piperidine rings is 1. The minimum absolute atomic E-state index is 0.0212. The van der Waals surface area contributed by atoms with Gasteiger partial charge in [0.15, 0.2) is 0 Å². The first-order chi connectivity index (χ1) is 13.1. The number of carbonyl (C=O) groups excluding carboxylic acids is 3. The van der Waals surface area contributed by atoms with Gasteiger partial charge in [-0.2, -0.15) is 0 Å². The zero-order valence-corrected chi connectivity index (χ0v) is 15.2.